The van der Waals surface area contributed by atoms with E-state index in [1.807, 2.05) is 0 Å². The van der Waals surface area contributed by atoms with Gasteiger partial charge in [-0.05, 0) is 0 Å². The molecule has 0 aliphatic rings. The van der Waals surface area contributed by atoms with Crippen molar-refractivity contribution in [3.8, 4) is 6.07 Å². The molecule has 0 aromatic heterocycles. The van der Waals surface area contributed by atoms with E-state index in [-0.39, 0.29) is 0 Å². The van der Waals surface area contributed by atoms with Gasteiger partial charge < -0.3 is 5.73 Å². The Bertz CT molecular complexity index is 453. The Morgan fingerprint density at radius 1 is 1.57 bits per heavy atom. The second-order valence-corrected chi connectivity index (χ2v) is 2.35. The maximum Gasteiger partial charge on any atom is 0.312 e. The summed E-state index contributed by atoms with van der Waals surface area (Å²) in [4.78, 5) is 9.32. The van der Waals surface area contributed by atoms with Gasteiger partial charge in [-0.3, -0.25) is 10.1 Å². The summed E-state index contributed by atoms with van der Waals surface area (Å²) in [5.41, 5.74) is 2.47. The number of halogens is 2. The Kier molecular flexibility index (Phi) is 2.29. The van der Waals surface area contributed by atoms with Gasteiger partial charge >= 0.3 is 5.69 Å². The first-order valence-electron chi connectivity index (χ1n) is 3.31. The number of hydrogen-bond donors (Lipinski definition) is 1. The van der Waals surface area contributed by atoms with Crippen molar-refractivity contribution in [2.75, 3.05) is 5.73 Å². The molecular weight excluding hydrogens is 196 g/mol. The number of nitro groups is 1. The zero-order valence-electron chi connectivity index (χ0n) is 6.62. The lowest BCUT2D eigenvalue weighted by Crippen LogP contribution is -2.03. The molecule has 0 atom stereocenters. The first-order valence-corrected chi connectivity index (χ1v) is 3.31. The van der Waals surface area contributed by atoms with E-state index in [1.54, 1.807) is 0 Å². The van der Waals surface area contributed by atoms with Gasteiger partial charge in [0.05, 0.1) is 4.92 Å². The molecule has 1 aromatic carbocycles. The lowest BCUT2D eigenvalue weighted by molar-refractivity contribution is -0.384. The fourth-order valence-corrected chi connectivity index (χ4v) is 0.918. The van der Waals surface area contributed by atoms with Gasteiger partial charge in [0.15, 0.2) is 17.3 Å². The minimum atomic E-state index is -1.52. The smallest absolute Gasteiger partial charge is 0.312 e. The summed E-state index contributed by atoms with van der Waals surface area (Å²) >= 11 is 0. The first kappa shape index (κ1) is 9.85. The highest BCUT2D eigenvalue weighted by molar-refractivity contribution is 5.66. The zero-order valence-corrected chi connectivity index (χ0v) is 6.62. The summed E-state index contributed by atoms with van der Waals surface area (Å²) in [5, 5.41) is 18.8. The normalized spacial score (nSPS) is 9.50. The third kappa shape index (κ3) is 1.33. The highest BCUT2D eigenvalue weighted by atomic mass is 19.2. The molecule has 0 bridgehead atoms. The van der Waals surface area contributed by atoms with E-state index in [0.717, 1.165) is 0 Å². The predicted octanol–water partition coefficient (Wildman–Crippen LogP) is 1.33. The lowest BCUT2D eigenvalue weighted by Gasteiger charge is -2.01. The third-order valence-corrected chi connectivity index (χ3v) is 1.53. The molecule has 0 spiro atoms. The third-order valence-electron chi connectivity index (χ3n) is 1.53. The van der Waals surface area contributed by atoms with Crippen molar-refractivity contribution in [3.63, 3.8) is 0 Å². The van der Waals surface area contributed by atoms with Crippen molar-refractivity contribution in [1.29, 1.82) is 5.26 Å². The number of nitro benzene ring substituents is 1. The number of anilines is 1. The molecule has 0 unspecified atom stereocenters. The van der Waals surface area contributed by atoms with Crippen molar-refractivity contribution in [1.82, 2.24) is 0 Å². The van der Waals surface area contributed by atoms with E-state index in [2.05, 4.69) is 0 Å². The van der Waals surface area contributed by atoms with Crippen LogP contribution < -0.4 is 5.73 Å². The molecule has 1 aromatic rings. The number of hydrogen-bond acceptors (Lipinski definition) is 4. The van der Waals surface area contributed by atoms with Gasteiger partial charge in [-0.15, -0.1) is 0 Å². The fourth-order valence-electron chi connectivity index (χ4n) is 0.918. The zero-order chi connectivity index (χ0) is 10.9. The maximum atomic E-state index is 12.8. The lowest BCUT2D eigenvalue weighted by atomic mass is 10.1. The molecule has 0 aliphatic heterocycles. The van der Waals surface area contributed by atoms with E-state index in [0.29, 0.717) is 6.07 Å². The SMILES string of the molecule is N#Cc1cc(F)c(F)c(N)c1[N+](=O)[O-]. The van der Waals surface area contributed by atoms with E-state index in [4.69, 9.17) is 11.0 Å². The van der Waals surface area contributed by atoms with Crippen LogP contribution in [0.2, 0.25) is 0 Å². The molecular formula is C7H3F2N3O2. The van der Waals surface area contributed by atoms with Crippen LogP contribution in [0.4, 0.5) is 20.2 Å². The van der Waals surface area contributed by atoms with E-state index >= 15 is 0 Å². The van der Waals surface area contributed by atoms with Crippen LogP contribution in [0.25, 0.3) is 0 Å². The molecule has 5 nitrogen and oxygen atoms in total. The first-order chi connectivity index (χ1) is 6.49. The van der Waals surface area contributed by atoms with Gasteiger partial charge in [0.2, 0.25) is 0 Å². The molecule has 72 valence electrons. The molecule has 0 radical (unpaired) electrons. The van der Waals surface area contributed by atoms with Gasteiger partial charge in [0.25, 0.3) is 0 Å². The summed E-state index contributed by atoms with van der Waals surface area (Å²) in [7, 11) is 0. The van der Waals surface area contributed by atoms with Crippen LogP contribution in [0.1, 0.15) is 5.56 Å². The van der Waals surface area contributed by atoms with E-state index < -0.39 is 33.5 Å². The summed E-state index contributed by atoms with van der Waals surface area (Å²) < 4.78 is 25.4. The van der Waals surface area contributed by atoms with Crippen LogP contribution in [0, 0.1) is 33.1 Å². The largest absolute Gasteiger partial charge is 0.391 e. The minimum Gasteiger partial charge on any atom is -0.391 e. The number of nitriles is 1. The summed E-state index contributed by atoms with van der Waals surface area (Å²) in [6, 6.07) is 1.79. The molecule has 7 heteroatoms. The maximum absolute atomic E-state index is 12.8. The quantitative estimate of drug-likeness (QED) is 0.419. The van der Waals surface area contributed by atoms with E-state index in [9.17, 15) is 18.9 Å². The van der Waals surface area contributed by atoms with Crippen LogP contribution in [-0.4, -0.2) is 4.92 Å². The number of nitrogen functional groups attached to an aromatic ring is 1. The molecule has 0 saturated heterocycles. The monoisotopic (exact) mass is 199 g/mol. The van der Waals surface area contributed by atoms with Crippen molar-refractivity contribution >= 4 is 11.4 Å². The number of rotatable bonds is 1. The van der Waals surface area contributed by atoms with Gasteiger partial charge in [0, 0.05) is 6.07 Å². The van der Waals surface area contributed by atoms with Crippen LogP contribution in [-0.2, 0) is 0 Å². The van der Waals surface area contributed by atoms with Gasteiger partial charge in [-0.25, -0.2) is 8.78 Å². The average Bonchev–Trinajstić information content (AvgIpc) is 2.12. The summed E-state index contributed by atoms with van der Waals surface area (Å²) in [5.74, 6) is -2.90. The Morgan fingerprint density at radius 3 is 2.57 bits per heavy atom. The Hall–Kier alpha value is -2.23. The van der Waals surface area contributed by atoms with Gasteiger partial charge in [-0.1, -0.05) is 0 Å². The Balaban J connectivity index is 3.64. The summed E-state index contributed by atoms with van der Waals surface area (Å²) in [6.07, 6.45) is 0. The van der Waals surface area contributed by atoms with Crippen LogP contribution in [0.5, 0.6) is 0 Å². The van der Waals surface area contributed by atoms with Gasteiger partial charge in [0.1, 0.15) is 11.6 Å². The molecule has 0 amide bonds. The van der Waals surface area contributed by atoms with Crippen LogP contribution >= 0.6 is 0 Å². The molecule has 14 heavy (non-hydrogen) atoms. The van der Waals surface area contributed by atoms with Crippen molar-refractivity contribution in [2.24, 2.45) is 0 Å². The van der Waals surface area contributed by atoms with E-state index in [1.165, 1.54) is 6.07 Å². The van der Waals surface area contributed by atoms with Crippen LogP contribution in [0.3, 0.4) is 0 Å². The molecule has 1 rings (SSSR count). The highest BCUT2D eigenvalue weighted by Gasteiger charge is 2.24. The van der Waals surface area contributed by atoms with Crippen molar-refractivity contribution < 1.29 is 13.7 Å². The van der Waals surface area contributed by atoms with Crippen molar-refractivity contribution in [3.05, 3.63) is 33.4 Å². The highest BCUT2D eigenvalue weighted by Crippen LogP contribution is 2.29. The standard InChI is InChI=1S/C7H3F2N3O2/c8-4-1-3(2-10)7(12(13)14)6(11)5(4)9/h1H,11H2. The number of benzene rings is 1. The van der Waals surface area contributed by atoms with Crippen LogP contribution in [0.15, 0.2) is 6.07 Å². The number of nitrogens with two attached hydrogens (primary N) is 1. The molecule has 0 saturated carbocycles. The second-order valence-electron chi connectivity index (χ2n) is 2.35. The molecule has 0 aliphatic carbocycles. The Labute approximate surface area is 76.5 Å². The minimum absolute atomic E-state index is 0.434. The second kappa shape index (κ2) is 3.26. The average molecular weight is 199 g/mol. The molecule has 0 fully saturated rings. The molecule has 0 heterocycles. The predicted molar refractivity (Wildman–Crippen MR) is 42.1 cm³/mol. The summed E-state index contributed by atoms with van der Waals surface area (Å²) in [6.45, 7) is 0. The molecule has 2 N–H and O–H groups in total. The number of nitrogens with zero attached hydrogens (tertiary/aromatic N) is 2. The topological polar surface area (TPSA) is 93.0 Å². The Morgan fingerprint density at radius 2 is 2.14 bits per heavy atom. The van der Waals surface area contributed by atoms with Crippen molar-refractivity contribution in [2.45, 2.75) is 0 Å². The van der Waals surface area contributed by atoms with Gasteiger partial charge in [-0.2, -0.15) is 5.26 Å². The fraction of sp³-hybridized carbons (Fsp3) is 0.